The van der Waals surface area contributed by atoms with Crippen LogP contribution in [0.1, 0.15) is 32.4 Å². The van der Waals surface area contributed by atoms with E-state index in [0.717, 1.165) is 23.5 Å². The molecule has 1 atom stereocenters. The van der Waals surface area contributed by atoms with Crippen LogP contribution in [0.25, 0.3) is 0 Å². The smallest absolute Gasteiger partial charge is 0.325 e. The number of para-hydroxylation sites is 1. The van der Waals surface area contributed by atoms with E-state index in [1.807, 2.05) is 20.8 Å². The van der Waals surface area contributed by atoms with Gasteiger partial charge in [-0.3, -0.25) is 9.53 Å². The van der Waals surface area contributed by atoms with Gasteiger partial charge < -0.3 is 9.73 Å². The maximum absolute atomic E-state index is 13.6. The van der Waals surface area contributed by atoms with Crippen molar-refractivity contribution in [2.75, 3.05) is 10.6 Å². The lowest BCUT2D eigenvalue weighted by Gasteiger charge is -2.12. The van der Waals surface area contributed by atoms with E-state index in [0.29, 0.717) is 15.9 Å². The quantitative estimate of drug-likeness (QED) is 0.602. The molecule has 2 N–H and O–H groups in total. The number of thiazole rings is 1. The van der Waals surface area contributed by atoms with E-state index >= 15 is 0 Å². The first-order chi connectivity index (χ1) is 13.6. The van der Waals surface area contributed by atoms with E-state index in [2.05, 4.69) is 20.6 Å². The fourth-order valence-corrected chi connectivity index (χ4v) is 4.19. The van der Waals surface area contributed by atoms with Crippen LogP contribution in [-0.2, 0) is 22.0 Å². The standard InChI is InChI=1S/C18H18F2N4O3S2/c1-18(2,3)12-7-21-13(27-12)9-29(26)14-8-22-17(28-14)24-16(25)23-15-10(19)5-4-6-11(15)20/h4-8H,9H2,1-3H3,(H2,22,23,24,25). The van der Waals surface area contributed by atoms with Gasteiger partial charge in [0.25, 0.3) is 0 Å². The van der Waals surface area contributed by atoms with Crippen molar-refractivity contribution in [1.82, 2.24) is 9.97 Å². The van der Waals surface area contributed by atoms with Crippen LogP contribution < -0.4 is 10.6 Å². The zero-order valence-corrected chi connectivity index (χ0v) is 17.4. The van der Waals surface area contributed by atoms with Gasteiger partial charge in [0.15, 0.2) is 5.13 Å². The summed E-state index contributed by atoms with van der Waals surface area (Å²) in [5, 5.41) is 4.58. The first-order valence-corrected chi connectivity index (χ1v) is 10.6. The second kappa shape index (κ2) is 8.37. The molecule has 0 saturated carbocycles. The number of hydrogen-bond donors (Lipinski definition) is 2. The molecule has 1 unspecified atom stereocenters. The highest BCUT2D eigenvalue weighted by atomic mass is 32.2. The molecule has 2 aromatic heterocycles. The van der Waals surface area contributed by atoms with Crippen LogP contribution in [0.4, 0.5) is 24.4 Å². The molecule has 7 nitrogen and oxygen atoms in total. The second-order valence-electron chi connectivity index (χ2n) is 7.02. The average Bonchev–Trinajstić information content (AvgIpc) is 3.27. The van der Waals surface area contributed by atoms with Crippen molar-refractivity contribution >= 4 is 39.0 Å². The molecule has 0 spiro atoms. The monoisotopic (exact) mass is 440 g/mol. The minimum absolute atomic E-state index is 0.0599. The van der Waals surface area contributed by atoms with E-state index in [1.165, 1.54) is 12.3 Å². The number of aromatic nitrogens is 2. The van der Waals surface area contributed by atoms with Crippen molar-refractivity contribution < 1.29 is 22.2 Å². The molecular weight excluding hydrogens is 422 g/mol. The van der Waals surface area contributed by atoms with Gasteiger partial charge in [-0.05, 0) is 12.1 Å². The van der Waals surface area contributed by atoms with Gasteiger partial charge in [0, 0.05) is 5.41 Å². The van der Waals surface area contributed by atoms with Crippen LogP contribution in [0.5, 0.6) is 0 Å². The Morgan fingerprint density at radius 2 is 1.86 bits per heavy atom. The number of hydrogen-bond acceptors (Lipinski definition) is 6. The molecule has 29 heavy (non-hydrogen) atoms. The average molecular weight is 440 g/mol. The highest BCUT2D eigenvalue weighted by Gasteiger charge is 2.21. The van der Waals surface area contributed by atoms with E-state index in [-0.39, 0.29) is 16.3 Å². The molecule has 3 rings (SSSR count). The summed E-state index contributed by atoms with van der Waals surface area (Å²) in [6.45, 7) is 5.94. The van der Waals surface area contributed by atoms with Crippen molar-refractivity contribution in [3.05, 3.63) is 53.9 Å². The fourth-order valence-electron chi connectivity index (χ4n) is 2.19. The van der Waals surface area contributed by atoms with Crippen LogP contribution in [0.3, 0.4) is 0 Å². The van der Waals surface area contributed by atoms with Crippen LogP contribution in [0, 0.1) is 11.6 Å². The fraction of sp³-hybridized carbons (Fsp3) is 0.278. The van der Waals surface area contributed by atoms with E-state index < -0.39 is 34.2 Å². The molecule has 0 fully saturated rings. The molecule has 3 aromatic rings. The Morgan fingerprint density at radius 1 is 1.17 bits per heavy atom. The molecule has 154 valence electrons. The molecule has 0 aliphatic carbocycles. The van der Waals surface area contributed by atoms with Gasteiger partial charge in [0.2, 0.25) is 5.89 Å². The van der Waals surface area contributed by atoms with Gasteiger partial charge in [0.05, 0.1) is 23.2 Å². The first kappa shape index (κ1) is 21.1. The number of carbonyl (C=O) groups is 1. The van der Waals surface area contributed by atoms with Gasteiger partial charge >= 0.3 is 6.03 Å². The number of urea groups is 1. The summed E-state index contributed by atoms with van der Waals surface area (Å²) in [5.41, 5.74) is -0.775. The number of anilines is 2. The Labute approximate surface area is 172 Å². The lowest BCUT2D eigenvalue weighted by molar-refractivity contribution is 0.262. The Morgan fingerprint density at radius 3 is 2.48 bits per heavy atom. The van der Waals surface area contributed by atoms with Crippen LogP contribution >= 0.6 is 11.3 Å². The first-order valence-electron chi connectivity index (χ1n) is 8.45. The summed E-state index contributed by atoms with van der Waals surface area (Å²) in [7, 11) is -1.48. The zero-order valence-electron chi connectivity index (χ0n) is 15.8. The van der Waals surface area contributed by atoms with Crippen molar-refractivity contribution in [3.63, 3.8) is 0 Å². The number of oxazole rings is 1. The molecule has 0 aliphatic heterocycles. The number of halogens is 2. The Hall–Kier alpha value is -2.66. The lowest BCUT2D eigenvalue weighted by atomic mass is 9.94. The normalized spacial score (nSPS) is 12.6. The van der Waals surface area contributed by atoms with Crippen molar-refractivity contribution in [3.8, 4) is 0 Å². The minimum atomic E-state index is -1.48. The summed E-state index contributed by atoms with van der Waals surface area (Å²) in [4.78, 5) is 20.1. The third-order valence-electron chi connectivity index (χ3n) is 3.68. The maximum atomic E-state index is 13.6. The topological polar surface area (TPSA) is 97.1 Å². The van der Waals surface area contributed by atoms with Gasteiger partial charge in [-0.15, -0.1) is 0 Å². The highest BCUT2D eigenvalue weighted by molar-refractivity contribution is 7.86. The molecule has 11 heteroatoms. The minimum Gasteiger partial charge on any atom is -0.444 e. The summed E-state index contributed by atoms with van der Waals surface area (Å²) in [6, 6.07) is 2.37. The maximum Gasteiger partial charge on any atom is 0.325 e. The van der Waals surface area contributed by atoms with Gasteiger partial charge in [-0.25, -0.2) is 23.5 Å². The number of amides is 2. The number of rotatable bonds is 5. The lowest BCUT2D eigenvalue weighted by Crippen LogP contribution is -2.20. The SMILES string of the molecule is CC(C)(C)c1cnc(CS(=O)c2cnc(NC(=O)Nc3c(F)cccc3F)s2)o1. The highest BCUT2D eigenvalue weighted by Crippen LogP contribution is 2.26. The van der Waals surface area contributed by atoms with Crippen molar-refractivity contribution in [1.29, 1.82) is 0 Å². The van der Waals surface area contributed by atoms with E-state index in [9.17, 15) is 17.8 Å². The largest absolute Gasteiger partial charge is 0.444 e. The third-order valence-corrected chi connectivity index (χ3v) is 6.26. The predicted octanol–water partition coefficient (Wildman–Crippen LogP) is 4.66. The van der Waals surface area contributed by atoms with Crippen LogP contribution in [0.15, 0.2) is 39.2 Å². The van der Waals surface area contributed by atoms with E-state index in [1.54, 1.807) is 6.20 Å². The van der Waals surface area contributed by atoms with Gasteiger partial charge in [0.1, 0.15) is 33.0 Å². The number of benzene rings is 1. The Kier molecular flexibility index (Phi) is 6.08. The number of nitrogens with zero attached hydrogens (tertiary/aromatic N) is 2. The summed E-state index contributed by atoms with van der Waals surface area (Å²) in [6.07, 6.45) is 2.96. The summed E-state index contributed by atoms with van der Waals surface area (Å²) in [5.74, 6) is -0.717. The zero-order chi connectivity index (χ0) is 21.2. The van der Waals surface area contributed by atoms with Gasteiger partial charge in [-0.2, -0.15) is 0 Å². The van der Waals surface area contributed by atoms with Crippen LogP contribution in [0.2, 0.25) is 0 Å². The third kappa shape index (κ3) is 5.24. The second-order valence-corrected chi connectivity index (χ2v) is 9.73. The molecular formula is C18H18F2N4O3S2. The molecule has 0 saturated heterocycles. The predicted molar refractivity (Wildman–Crippen MR) is 106 cm³/mol. The number of nitrogens with one attached hydrogen (secondary N) is 2. The molecule has 0 bridgehead atoms. The summed E-state index contributed by atoms with van der Waals surface area (Å²) >= 11 is 0.980. The molecule has 0 radical (unpaired) electrons. The molecule has 1 aromatic carbocycles. The van der Waals surface area contributed by atoms with Gasteiger partial charge in [-0.1, -0.05) is 38.2 Å². The molecule has 2 amide bonds. The Bertz CT molecular complexity index is 1040. The van der Waals surface area contributed by atoms with Crippen LogP contribution in [-0.4, -0.2) is 20.2 Å². The number of carbonyl (C=O) groups excluding carboxylic acids is 1. The molecule has 2 heterocycles. The van der Waals surface area contributed by atoms with Crippen molar-refractivity contribution in [2.24, 2.45) is 0 Å². The summed E-state index contributed by atoms with van der Waals surface area (Å²) < 4.78 is 45.7. The van der Waals surface area contributed by atoms with Crippen molar-refractivity contribution in [2.45, 2.75) is 36.1 Å². The molecule has 0 aliphatic rings. The Balaban J connectivity index is 1.62. The van der Waals surface area contributed by atoms with E-state index in [4.69, 9.17) is 4.42 Å².